The molecule has 68 heavy (non-hydrogen) atoms. The molecular weight excluding hydrogens is 802 g/mol. The minimum Gasteiger partial charge on any atom is -0.309 e. The maximum absolute atomic E-state index is 5.53. The number of para-hydroxylation sites is 1. The molecule has 0 aliphatic rings. The first-order valence-electron chi connectivity index (χ1n) is 24.4. The Morgan fingerprint density at radius 3 is 1.07 bits per heavy atom. The molecule has 0 fully saturated rings. The van der Waals surface area contributed by atoms with Crippen LogP contribution in [0.25, 0.3) is 83.9 Å². The van der Waals surface area contributed by atoms with Gasteiger partial charge in [-0.05, 0) is 52.6 Å². The van der Waals surface area contributed by atoms with Crippen molar-refractivity contribution in [2.45, 2.75) is 0 Å². The summed E-state index contributed by atoms with van der Waals surface area (Å²) >= 11 is 0. The predicted molar refractivity (Wildman–Crippen MR) is 357 cm³/mol. The van der Waals surface area contributed by atoms with E-state index in [0.717, 1.165) is 27.9 Å². The number of fused-ring (bicyclic) bond motifs is 3. The summed E-state index contributed by atoms with van der Waals surface area (Å²) in [5, 5.41) is 2.41. The lowest BCUT2D eigenvalue weighted by Gasteiger charge is -2.27. The molecule has 0 saturated heterocycles. The van der Waals surface area contributed by atoms with Gasteiger partial charge in [0.25, 0.3) is 0 Å². The van der Waals surface area contributed by atoms with Crippen LogP contribution in [0, 0.1) is 0 Å². The first-order valence-corrected chi connectivity index (χ1v) is 24.4. The molecule has 9 rings (SSSR count). The molecule has 0 saturated carbocycles. The molecule has 2 aromatic heterocycles. The molecule has 0 bridgehead atoms. The number of nitrogens with zero attached hydrogens (tertiary/aromatic N) is 4. The largest absolute Gasteiger partial charge is 0.309 e. The van der Waals surface area contributed by atoms with E-state index >= 15 is 0 Å². The van der Waals surface area contributed by atoms with Crippen LogP contribution in [0.5, 0.6) is 0 Å². The predicted octanol–water partition coefficient (Wildman–Crippen LogP) is -21.8. The van der Waals surface area contributed by atoms with Gasteiger partial charge in [0, 0.05) is 33.2 Å². The fourth-order valence-electron chi connectivity index (χ4n) is 11.6. The normalized spacial score (nSPS) is 11.5. The van der Waals surface area contributed by atoms with Gasteiger partial charge < -0.3 is 4.57 Å². The summed E-state index contributed by atoms with van der Waals surface area (Å²) in [6.07, 6.45) is 0. The highest BCUT2D eigenvalue weighted by Crippen LogP contribution is 2.36. The highest BCUT2D eigenvalue weighted by atomic mass is 15.0. The van der Waals surface area contributed by atoms with Crippen molar-refractivity contribution in [2.24, 2.45) is 0 Å². The van der Waals surface area contributed by atoms with Crippen molar-refractivity contribution in [1.82, 2.24) is 19.5 Å². The second kappa shape index (κ2) is 17.5. The maximum Gasteiger partial charge on any atom is 0.164 e. The molecule has 0 amide bonds. The van der Waals surface area contributed by atoms with Gasteiger partial charge >= 0.3 is 0 Å². The minimum absolute atomic E-state index is 0.665. The fraction of sp³-hybridized carbons (Fsp3) is 0. The van der Waals surface area contributed by atoms with Gasteiger partial charge in [0.05, 0.1) is 11.0 Å². The topological polar surface area (TPSA) is 43.6 Å². The van der Waals surface area contributed by atoms with Crippen LogP contribution in [0.1, 0.15) is 0 Å². The summed E-state index contributed by atoms with van der Waals surface area (Å²) in [6, 6.07) is 24.6. The van der Waals surface area contributed by atoms with E-state index in [1.807, 2.05) is 0 Å². The zero-order valence-electron chi connectivity index (χ0n) is 44.1. The van der Waals surface area contributed by atoms with Crippen LogP contribution in [0.3, 0.4) is 0 Å². The lowest BCUT2D eigenvalue weighted by Crippen LogP contribution is -2.57. The Hall–Kier alpha value is -5.42. The standard InChI is InChI=1S/C45H49B19N4/c46-24-19(25(47)35(57)40(62)34(24)56)12-7-9-17-16(10-12)15-8-6-13(11-18(15)68(17)14-4-2-1-3-5-14)43-65-44(67-45(66-43)23-32(54)38(60)42(64)39(61)33(23)55)22-30(52)26(48)20(27(49)31(22)53)21-28(50)36(58)41(63)37(59)29(21)51/h1-11H,46-64H2. The molecule has 0 atom stereocenters. The van der Waals surface area contributed by atoms with Gasteiger partial charge in [-0.25, -0.2) is 15.0 Å². The Kier molecular flexibility index (Phi) is 12.3. The van der Waals surface area contributed by atoms with E-state index in [0.29, 0.717) is 17.5 Å². The molecule has 0 spiro atoms. The molecule has 0 radical (unpaired) electrons. The van der Waals surface area contributed by atoms with Crippen molar-refractivity contribution in [3.63, 3.8) is 0 Å². The lowest BCUT2D eigenvalue weighted by atomic mass is 9.56. The van der Waals surface area contributed by atoms with Crippen LogP contribution in [0.2, 0.25) is 0 Å². The van der Waals surface area contributed by atoms with Crippen LogP contribution >= 0.6 is 0 Å². The third-order valence-corrected chi connectivity index (χ3v) is 17.3. The second-order valence-corrected chi connectivity index (χ2v) is 20.2. The van der Waals surface area contributed by atoms with Crippen LogP contribution in [0.4, 0.5) is 0 Å². The van der Waals surface area contributed by atoms with Gasteiger partial charge in [0.1, 0.15) is 149 Å². The van der Waals surface area contributed by atoms with Gasteiger partial charge in [0.15, 0.2) is 17.5 Å². The van der Waals surface area contributed by atoms with Gasteiger partial charge in [0.2, 0.25) is 0 Å². The molecular formula is C45H49B19N4. The maximum atomic E-state index is 5.53. The Morgan fingerprint density at radius 1 is 0.265 bits per heavy atom. The highest BCUT2D eigenvalue weighted by Gasteiger charge is 2.26. The molecule has 4 nitrogen and oxygen atoms in total. The van der Waals surface area contributed by atoms with Crippen molar-refractivity contribution in [3.05, 3.63) is 66.7 Å². The molecule has 23 heteroatoms. The second-order valence-electron chi connectivity index (χ2n) is 20.2. The quantitative estimate of drug-likeness (QED) is 0.157. The third-order valence-electron chi connectivity index (χ3n) is 17.3. The van der Waals surface area contributed by atoms with Crippen molar-refractivity contribution >= 4 is 275 Å². The van der Waals surface area contributed by atoms with E-state index in [4.69, 9.17) is 15.0 Å². The summed E-state index contributed by atoms with van der Waals surface area (Å²) < 4.78 is 2.41. The Balaban J connectivity index is 1.33. The summed E-state index contributed by atoms with van der Waals surface area (Å²) in [6.45, 7) is 0. The van der Waals surface area contributed by atoms with Crippen LogP contribution < -0.4 is 104 Å². The number of benzene rings is 7. The molecule has 0 aliphatic carbocycles. The first-order chi connectivity index (χ1) is 32.2. The summed E-state index contributed by atoms with van der Waals surface area (Å²) in [7, 11) is 43.0. The van der Waals surface area contributed by atoms with Crippen molar-refractivity contribution in [3.8, 4) is 62.1 Å². The van der Waals surface area contributed by atoms with Crippen molar-refractivity contribution < 1.29 is 0 Å². The Morgan fingerprint density at radius 2 is 0.618 bits per heavy atom. The molecule has 7 aromatic carbocycles. The van der Waals surface area contributed by atoms with Crippen LogP contribution in [0.15, 0.2) is 66.7 Å². The smallest absolute Gasteiger partial charge is 0.164 e. The summed E-state index contributed by atoms with van der Waals surface area (Å²) in [4.78, 5) is 16.5. The average molecular weight is 851 g/mol. The molecule has 0 N–H and O–H groups in total. The molecule has 2 heterocycles. The van der Waals surface area contributed by atoms with E-state index in [1.165, 1.54) is 142 Å². The zero-order valence-corrected chi connectivity index (χ0v) is 44.1. The van der Waals surface area contributed by atoms with Gasteiger partial charge in [-0.1, -0.05) is 91.0 Å². The number of rotatable bonds is 6. The van der Waals surface area contributed by atoms with E-state index in [9.17, 15) is 0 Å². The Labute approximate surface area is 420 Å². The summed E-state index contributed by atoms with van der Waals surface area (Å²) in [5.41, 5.74) is 36.6. The highest BCUT2D eigenvalue weighted by molar-refractivity contribution is 6.72. The molecule has 0 unspecified atom stereocenters. The van der Waals surface area contributed by atoms with E-state index < -0.39 is 0 Å². The van der Waals surface area contributed by atoms with Gasteiger partial charge in [-0.3, -0.25) is 0 Å². The Bertz CT molecular complexity index is 3570. The molecule has 9 aromatic rings. The average Bonchev–Trinajstić information content (AvgIpc) is 3.66. The molecule has 0 aliphatic heterocycles. The monoisotopic (exact) mass is 855 g/mol. The zero-order chi connectivity index (χ0) is 49.1. The molecule has 306 valence electrons. The fourth-order valence-corrected chi connectivity index (χ4v) is 11.6. The van der Waals surface area contributed by atoms with Crippen LogP contribution in [-0.2, 0) is 0 Å². The van der Waals surface area contributed by atoms with E-state index in [2.05, 4.69) is 220 Å². The summed E-state index contributed by atoms with van der Waals surface area (Å²) in [5.74, 6) is 2.09. The van der Waals surface area contributed by atoms with Crippen LogP contribution in [-0.4, -0.2) is 169 Å². The van der Waals surface area contributed by atoms with E-state index in [-0.39, 0.29) is 0 Å². The van der Waals surface area contributed by atoms with Gasteiger partial charge in [-0.15, -0.1) is 49.2 Å². The number of hydrogen-bond acceptors (Lipinski definition) is 3. The lowest BCUT2D eigenvalue weighted by molar-refractivity contribution is 1.08. The van der Waals surface area contributed by atoms with Gasteiger partial charge in [-0.2, -0.15) is 0 Å². The van der Waals surface area contributed by atoms with Crippen molar-refractivity contribution in [2.75, 3.05) is 0 Å². The third kappa shape index (κ3) is 7.22. The number of aromatic nitrogens is 4. The minimum atomic E-state index is 0.665. The first kappa shape index (κ1) is 47.6. The van der Waals surface area contributed by atoms with E-state index in [1.54, 1.807) is 0 Å². The number of hydrogen-bond donors (Lipinski definition) is 0. The SMILES string of the molecule is Bc1c(B)c(B)c(-c2ccc3c(c2)c2ccc(-c4nc(-c5c(B)c(B)c(B)c(B)c5B)nc(-c5c(B)c(B)c(-c6c(B)c(B)c(B)c(B)c6B)c(B)c5B)n4)cc2n3-c2ccccc2)c(B)c1B. The van der Waals surface area contributed by atoms with Crippen molar-refractivity contribution in [1.29, 1.82) is 0 Å².